The molecule has 22 heavy (non-hydrogen) atoms. The Hall–Kier alpha value is -2.53. The lowest BCUT2D eigenvalue weighted by Crippen LogP contribution is -2.20. The van der Waals surface area contributed by atoms with Gasteiger partial charge in [-0.25, -0.2) is 4.79 Å². The van der Waals surface area contributed by atoms with Crippen molar-refractivity contribution < 1.29 is 4.74 Å². The zero-order chi connectivity index (χ0) is 15.4. The van der Waals surface area contributed by atoms with Gasteiger partial charge in [0.05, 0.1) is 5.52 Å². The molecule has 0 radical (unpaired) electrons. The van der Waals surface area contributed by atoms with Gasteiger partial charge in [-0.15, -0.1) is 0 Å². The molecule has 3 aromatic rings. The van der Waals surface area contributed by atoms with E-state index < -0.39 is 0 Å². The lowest BCUT2D eigenvalue weighted by Gasteiger charge is -2.09. The summed E-state index contributed by atoms with van der Waals surface area (Å²) in [5, 5.41) is 3.34. The van der Waals surface area contributed by atoms with Crippen LogP contribution in [0.1, 0.15) is 5.56 Å². The fourth-order valence-electron chi connectivity index (χ4n) is 2.45. The van der Waals surface area contributed by atoms with Gasteiger partial charge < -0.3 is 15.0 Å². The molecule has 114 valence electrons. The molecular formula is C17H19N3O2. The Morgan fingerprint density at radius 3 is 2.77 bits per heavy atom. The van der Waals surface area contributed by atoms with Crippen LogP contribution < -0.4 is 15.7 Å². The Morgan fingerprint density at radius 1 is 1.14 bits per heavy atom. The first-order valence-electron chi connectivity index (χ1n) is 7.31. The molecule has 0 spiro atoms. The first kappa shape index (κ1) is 14.4. The van der Waals surface area contributed by atoms with Crippen LogP contribution in [0.5, 0.6) is 5.75 Å². The van der Waals surface area contributed by atoms with Crippen LogP contribution >= 0.6 is 0 Å². The minimum absolute atomic E-state index is 0.131. The van der Waals surface area contributed by atoms with Crippen molar-refractivity contribution in [3.8, 4) is 5.75 Å². The summed E-state index contributed by atoms with van der Waals surface area (Å²) in [4.78, 5) is 14.5. The van der Waals surface area contributed by atoms with E-state index in [2.05, 4.69) is 22.4 Å². The summed E-state index contributed by atoms with van der Waals surface area (Å²) in [5.74, 6) is 0.722. The molecule has 0 fully saturated rings. The number of benzene rings is 2. The number of aryl methyl sites for hydroxylation is 1. The molecule has 0 aliphatic carbocycles. The number of hydrogen-bond donors (Lipinski definition) is 2. The Balaban J connectivity index is 1.57. The van der Waals surface area contributed by atoms with Crippen molar-refractivity contribution in [1.29, 1.82) is 0 Å². The molecule has 1 aromatic heterocycles. The fourth-order valence-corrected chi connectivity index (χ4v) is 2.45. The quantitative estimate of drug-likeness (QED) is 0.685. The maximum atomic E-state index is 11.7. The van der Waals surface area contributed by atoms with Crippen molar-refractivity contribution in [1.82, 2.24) is 14.9 Å². The van der Waals surface area contributed by atoms with Crippen molar-refractivity contribution in [3.05, 3.63) is 64.6 Å². The van der Waals surface area contributed by atoms with E-state index in [-0.39, 0.29) is 5.69 Å². The van der Waals surface area contributed by atoms with Gasteiger partial charge in [-0.3, -0.25) is 4.57 Å². The Labute approximate surface area is 128 Å². The second-order valence-electron chi connectivity index (χ2n) is 5.15. The second kappa shape index (κ2) is 6.49. The van der Waals surface area contributed by atoms with Gasteiger partial charge in [-0.2, -0.15) is 0 Å². The first-order valence-corrected chi connectivity index (χ1v) is 7.31. The zero-order valence-corrected chi connectivity index (χ0v) is 12.5. The van der Waals surface area contributed by atoms with Gasteiger partial charge in [0.1, 0.15) is 17.9 Å². The van der Waals surface area contributed by atoms with E-state index in [0.29, 0.717) is 6.61 Å². The third-order valence-corrected chi connectivity index (χ3v) is 3.59. The van der Waals surface area contributed by atoms with Crippen LogP contribution in [0.15, 0.2) is 53.3 Å². The van der Waals surface area contributed by atoms with E-state index in [4.69, 9.17) is 4.74 Å². The molecule has 1 heterocycles. The standard InChI is InChI=1S/C17H19N3O2/c1-20-16-14(19-17(20)21)8-5-9-15(16)22-11-10-18-12-13-6-3-2-4-7-13/h2-9,18H,10-12H2,1H3,(H,19,21). The lowest BCUT2D eigenvalue weighted by molar-refractivity contribution is 0.316. The summed E-state index contributed by atoms with van der Waals surface area (Å²) in [5.41, 5.74) is 2.71. The smallest absolute Gasteiger partial charge is 0.326 e. The van der Waals surface area contributed by atoms with Crippen LogP contribution in [0.2, 0.25) is 0 Å². The number of rotatable bonds is 6. The number of ether oxygens (including phenoxy) is 1. The molecule has 5 nitrogen and oxygen atoms in total. The van der Waals surface area contributed by atoms with E-state index >= 15 is 0 Å². The van der Waals surface area contributed by atoms with Crippen molar-refractivity contribution >= 4 is 11.0 Å². The summed E-state index contributed by atoms with van der Waals surface area (Å²) < 4.78 is 7.38. The highest BCUT2D eigenvalue weighted by Crippen LogP contribution is 2.22. The largest absolute Gasteiger partial charge is 0.490 e. The molecule has 2 N–H and O–H groups in total. The van der Waals surface area contributed by atoms with E-state index in [1.54, 1.807) is 11.6 Å². The summed E-state index contributed by atoms with van der Waals surface area (Å²) >= 11 is 0. The topological polar surface area (TPSA) is 59.0 Å². The zero-order valence-electron chi connectivity index (χ0n) is 12.5. The number of para-hydroxylation sites is 1. The molecule has 0 atom stereocenters. The highest BCUT2D eigenvalue weighted by Gasteiger charge is 2.08. The Bertz CT molecular complexity index is 806. The van der Waals surface area contributed by atoms with Gasteiger partial charge in [0.15, 0.2) is 0 Å². The molecule has 0 aliphatic rings. The number of hydrogen-bond acceptors (Lipinski definition) is 3. The average Bonchev–Trinajstić information content (AvgIpc) is 2.83. The van der Waals surface area contributed by atoms with Crippen LogP contribution in [0.3, 0.4) is 0 Å². The van der Waals surface area contributed by atoms with Crippen LogP contribution in [0.25, 0.3) is 11.0 Å². The van der Waals surface area contributed by atoms with Crippen LogP contribution in [-0.2, 0) is 13.6 Å². The minimum Gasteiger partial charge on any atom is -0.490 e. The van der Waals surface area contributed by atoms with Crippen LogP contribution in [0, 0.1) is 0 Å². The molecule has 0 aliphatic heterocycles. The summed E-state index contributed by atoms with van der Waals surface area (Å²) in [7, 11) is 1.74. The molecule has 3 rings (SSSR count). The maximum Gasteiger partial charge on any atom is 0.326 e. The molecular weight excluding hydrogens is 278 g/mol. The number of imidazole rings is 1. The van der Waals surface area contributed by atoms with Gasteiger partial charge >= 0.3 is 5.69 Å². The van der Waals surface area contributed by atoms with Gasteiger partial charge in [0, 0.05) is 20.1 Å². The van der Waals surface area contributed by atoms with Crippen LogP contribution in [0.4, 0.5) is 0 Å². The fraction of sp³-hybridized carbons (Fsp3) is 0.235. The maximum absolute atomic E-state index is 11.7. The summed E-state index contributed by atoms with van der Waals surface area (Å²) in [6.07, 6.45) is 0. The van der Waals surface area contributed by atoms with Gasteiger partial charge in [-0.05, 0) is 17.7 Å². The monoisotopic (exact) mass is 297 g/mol. The van der Waals surface area contributed by atoms with Crippen LogP contribution in [-0.4, -0.2) is 22.7 Å². The molecule has 0 bridgehead atoms. The average molecular weight is 297 g/mol. The van der Waals surface area contributed by atoms with Crippen molar-refractivity contribution in [2.75, 3.05) is 13.2 Å². The molecule has 0 unspecified atom stereocenters. The predicted molar refractivity (Wildman–Crippen MR) is 87.2 cm³/mol. The lowest BCUT2D eigenvalue weighted by atomic mass is 10.2. The van der Waals surface area contributed by atoms with Crippen molar-refractivity contribution in [2.45, 2.75) is 6.54 Å². The summed E-state index contributed by atoms with van der Waals surface area (Å²) in [6.45, 7) is 2.10. The highest BCUT2D eigenvalue weighted by molar-refractivity contribution is 5.81. The third-order valence-electron chi connectivity index (χ3n) is 3.59. The number of nitrogens with one attached hydrogen (secondary N) is 2. The number of H-pyrrole nitrogens is 1. The normalized spacial score (nSPS) is 11.0. The van der Waals surface area contributed by atoms with E-state index in [9.17, 15) is 4.79 Å². The first-order chi connectivity index (χ1) is 10.8. The molecule has 0 saturated carbocycles. The van der Waals surface area contributed by atoms with E-state index in [1.807, 2.05) is 36.4 Å². The highest BCUT2D eigenvalue weighted by atomic mass is 16.5. The molecule has 0 amide bonds. The van der Waals surface area contributed by atoms with Gasteiger partial charge in [0.25, 0.3) is 0 Å². The summed E-state index contributed by atoms with van der Waals surface area (Å²) in [6, 6.07) is 15.9. The second-order valence-corrected chi connectivity index (χ2v) is 5.15. The number of aromatic amines is 1. The minimum atomic E-state index is -0.131. The van der Waals surface area contributed by atoms with Gasteiger partial charge in [-0.1, -0.05) is 36.4 Å². The molecule has 2 aromatic carbocycles. The number of fused-ring (bicyclic) bond motifs is 1. The van der Waals surface area contributed by atoms with E-state index in [0.717, 1.165) is 29.9 Å². The SMILES string of the molecule is Cn1c(=O)[nH]c2cccc(OCCNCc3ccccc3)c21. The Morgan fingerprint density at radius 2 is 1.95 bits per heavy atom. The Kier molecular flexibility index (Phi) is 4.25. The third kappa shape index (κ3) is 3.04. The molecule has 5 heteroatoms. The van der Waals surface area contributed by atoms with Gasteiger partial charge in [0.2, 0.25) is 0 Å². The van der Waals surface area contributed by atoms with Crippen molar-refractivity contribution in [2.24, 2.45) is 7.05 Å². The number of aromatic nitrogens is 2. The molecule has 0 saturated heterocycles. The van der Waals surface area contributed by atoms with Crippen molar-refractivity contribution in [3.63, 3.8) is 0 Å². The number of nitrogens with zero attached hydrogens (tertiary/aromatic N) is 1. The predicted octanol–water partition coefficient (Wildman–Crippen LogP) is 2.04. The van der Waals surface area contributed by atoms with E-state index in [1.165, 1.54) is 5.56 Å².